The molecule has 190 valence electrons. The van der Waals surface area contributed by atoms with Crippen LogP contribution in [0.3, 0.4) is 0 Å². The number of carbonyl (C=O) groups is 1. The number of alkyl halides is 3. The third-order valence-corrected chi connectivity index (χ3v) is 8.19. The number of nitrogens with zero attached hydrogens (tertiary/aromatic N) is 4. The first-order valence-corrected chi connectivity index (χ1v) is 13.3. The Kier molecular flexibility index (Phi) is 7.27. The number of hydrogen-bond donors (Lipinski definition) is 0. The van der Waals surface area contributed by atoms with Crippen molar-refractivity contribution in [3.8, 4) is 0 Å². The number of anilines is 2. The molecule has 4 heterocycles. The molecule has 0 amide bonds. The van der Waals surface area contributed by atoms with E-state index in [1.54, 1.807) is 12.3 Å². The Hall–Kier alpha value is -2.94. The van der Waals surface area contributed by atoms with Crippen molar-refractivity contribution in [1.29, 1.82) is 0 Å². The first-order chi connectivity index (χ1) is 17.4. The maximum absolute atomic E-state index is 13.7. The highest BCUT2D eigenvalue weighted by Gasteiger charge is 2.40. The van der Waals surface area contributed by atoms with Gasteiger partial charge in [0.2, 0.25) is 0 Å². The highest BCUT2D eigenvalue weighted by molar-refractivity contribution is 7.17. The van der Waals surface area contributed by atoms with Gasteiger partial charge in [0.25, 0.3) is 0 Å². The lowest BCUT2D eigenvalue weighted by Crippen LogP contribution is -2.33. The molecule has 2 aliphatic heterocycles. The number of Topliss-reactive ketones (excluding diaryl/α,β-unsaturated/α-hetero) is 1. The van der Waals surface area contributed by atoms with Crippen LogP contribution in [0, 0.1) is 0 Å². The zero-order valence-corrected chi connectivity index (χ0v) is 20.8. The standard InChI is InChI=1S/C27H29F3N4OS/c28-27(29,30)25-24(36-26(32-25)34-13-5-2-6-14-34)22(35)17-19-9-10-23(31-18-19)33-15-11-21(12-16-33)20-7-3-1-4-8-20/h1,3-4,7-10,18,21H,2,5-6,11-17H2. The van der Waals surface area contributed by atoms with Gasteiger partial charge in [0, 0.05) is 38.8 Å². The predicted molar refractivity (Wildman–Crippen MR) is 136 cm³/mol. The van der Waals surface area contributed by atoms with E-state index < -0.39 is 17.7 Å². The van der Waals surface area contributed by atoms with Crippen molar-refractivity contribution in [3.05, 3.63) is 70.4 Å². The highest BCUT2D eigenvalue weighted by atomic mass is 32.1. The minimum Gasteiger partial charge on any atom is -0.357 e. The quantitative estimate of drug-likeness (QED) is 0.359. The molecule has 2 aliphatic rings. The average molecular weight is 515 g/mol. The molecule has 0 N–H and O–H groups in total. The zero-order valence-electron chi connectivity index (χ0n) is 20.0. The minimum atomic E-state index is -4.66. The van der Waals surface area contributed by atoms with Gasteiger partial charge >= 0.3 is 6.18 Å². The number of rotatable bonds is 6. The molecule has 5 nitrogen and oxygen atoms in total. The summed E-state index contributed by atoms with van der Waals surface area (Å²) in [7, 11) is 0. The molecular weight excluding hydrogens is 485 g/mol. The van der Waals surface area contributed by atoms with E-state index in [1.807, 2.05) is 17.0 Å². The Morgan fingerprint density at radius 1 is 0.944 bits per heavy atom. The molecule has 0 radical (unpaired) electrons. The summed E-state index contributed by atoms with van der Waals surface area (Å²) in [4.78, 5) is 25.1. The summed E-state index contributed by atoms with van der Waals surface area (Å²) in [5.74, 6) is 0.802. The van der Waals surface area contributed by atoms with Crippen molar-refractivity contribution in [2.45, 2.75) is 50.6 Å². The summed E-state index contributed by atoms with van der Waals surface area (Å²) >= 11 is 0.861. The Bertz CT molecular complexity index is 1170. The average Bonchev–Trinajstić information content (AvgIpc) is 3.37. The van der Waals surface area contributed by atoms with E-state index in [-0.39, 0.29) is 16.4 Å². The van der Waals surface area contributed by atoms with Crippen LogP contribution in [-0.4, -0.2) is 41.9 Å². The molecule has 0 spiro atoms. The summed E-state index contributed by atoms with van der Waals surface area (Å²) in [6, 6.07) is 14.2. The first kappa shape index (κ1) is 24.7. The predicted octanol–water partition coefficient (Wildman–Crippen LogP) is 6.36. The number of halogens is 3. The Morgan fingerprint density at radius 2 is 1.67 bits per heavy atom. The lowest BCUT2D eigenvalue weighted by atomic mass is 9.89. The molecule has 9 heteroatoms. The van der Waals surface area contributed by atoms with Crippen LogP contribution in [0.1, 0.15) is 64.5 Å². The number of aromatic nitrogens is 2. The van der Waals surface area contributed by atoms with Crippen LogP contribution >= 0.6 is 11.3 Å². The van der Waals surface area contributed by atoms with Crippen LogP contribution in [0.2, 0.25) is 0 Å². The molecule has 5 rings (SSSR count). The summed E-state index contributed by atoms with van der Waals surface area (Å²) in [6.45, 7) is 3.12. The van der Waals surface area contributed by atoms with E-state index in [9.17, 15) is 18.0 Å². The van der Waals surface area contributed by atoms with Gasteiger partial charge in [0.05, 0.1) is 0 Å². The van der Waals surface area contributed by atoms with E-state index in [4.69, 9.17) is 0 Å². The van der Waals surface area contributed by atoms with E-state index in [0.717, 1.165) is 62.3 Å². The molecule has 3 aromatic rings. The summed E-state index contributed by atoms with van der Waals surface area (Å²) in [6.07, 6.45) is 1.80. The second kappa shape index (κ2) is 10.6. The van der Waals surface area contributed by atoms with Crippen molar-refractivity contribution < 1.29 is 18.0 Å². The number of thiazole rings is 1. The van der Waals surface area contributed by atoms with Gasteiger partial charge in [-0.2, -0.15) is 13.2 Å². The van der Waals surface area contributed by atoms with Gasteiger partial charge < -0.3 is 9.80 Å². The molecule has 36 heavy (non-hydrogen) atoms. The van der Waals surface area contributed by atoms with Gasteiger partial charge in [-0.3, -0.25) is 4.79 Å². The number of ketones is 1. The van der Waals surface area contributed by atoms with Gasteiger partial charge in [0.1, 0.15) is 10.7 Å². The van der Waals surface area contributed by atoms with E-state index in [0.29, 0.717) is 24.6 Å². The number of piperidine rings is 2. The van der Waals surface area contributed by atoms with Crippen LogP contribution in [0.5, 0.6) is 0 Å². The number of hydrogen-bond acceptors (Lipinski definition) is 6. The first-order valence-electron chi connectivity index (χ1n) is 12.5. The van der Waals surface area contributed by atoms with Gasteiger partial charge in [-0.25, -0.2) is 9.97 Å². The second-order valence-corrected chi connectivity index (χ2v) is 10.5. The lowest BCUT2D eigenvalue weighted by Gasteiger charge is -2.33. The van der Waals surface area contributed by atoms with Crippen LogP contribution < -0.4 is 9.80 Å². The van der Waals surface area contributed by atoms with Gasteiger partial charge in [-0.1, -0.05) is 47.7 Å². The summed E-state index contributed by atoms with van der Waals surface area (Å²) in [5.41, 5.74) is 0.900. The Balaban J connectivity index is 1.24. The molecule has 0 bridgehead atoms. The fraction of sp³-hybridized carbons (Fsp3) is 0.444. The van der Waals surface area contributed by atoms with E-state index in [2.05, 4.69) is 39.1 Å². The van der Waals surface area contributed by atoms with Crippen molar-refractivity contribution in [2.24, 2.45) is 0 Å². The maximum Gasteiger partial charge on any atom is 0.435 e. The third kappa shape index (κ3) is 5.56. The molecule has 0 atom stereocenters. The van der Waals surface area contributed by atoms with Crippen molar-refractivity contribution in [2.75, 3.05) is 36.0 Å². The molecule has 2 aromatic heterocycles. The smallest absolute Gasteiger partial charge is 0.357 e. The van der Waals surface area contributed by atoms with Crippen LogP contribution in [0.15, 0.2) is 48.7 Å². The minimum absolute atomic E-state index is 0.131. The van der Waals surface area contributed by atoms with Crippen LogP contribution in [0.25, 0.3) is 0 Å². The molecular formula is C27H29F3N4OS. The summed E-state index contributed by atoms with van der Waals surface area (Å²) < 4.78 is 41.0. The molecule has 0 unspecified atom stereocenters. The molecule has 2 fully saturated rings. The molecule has 0 aliphatic carbocycles. The number of pyridine rings is 1. The zero-order chi connectivity index (χ0) is 25.1. The Morgan fingerprint density at radius 3 is 2.31 bits per heavy atom. The van der Waals surface area contributed by atoms with Crippen LogP contribution in [0.4, 0.5) is 24.1 Å². The molecule has 2 saturated heterocycles. The molecule has 0 saturated carbocycles. The monoisotopic (exact) mass is 514 g/mol. The van der Waals surface area contributed by atoms with E-state index >= 15 is 0 Å². The van der Waals surface area contributed by atoms with Crippen molar-refractivity contribution in [3.63, 3.8) is 0 Å². The van der Waals surface area contributed by atoms with Gasteiger partial charge in [0.15, 0.2) is 16.6 Å². The summed E-state index contributed by atoms with van der Waals surface area (Å²) in [5, 5.41) is 0.290. The number of carbonyl (C=O) groups excluding carboxylic acids is 1. The third-order valence-electron chi connectivity index (χ3n) is 7.03. The molecule has 1 aromatic carbocycles. The van der Waals surface area contributed by atoms with E-state index in [1.165, 1.54) is 5.56 Å². The van der Waals surface area contributed by atoms with Crippen LogP contribution in [-0.2, 0) is 12.6 Å². The second-order valence-electron chi connectivity index (χ2n) is 9.52. The van der Waals surface area contributed by atoms with Crippen molar-refractivity contribution in [1.82, 2.24) is 9.97 Å². The highest BCUT2D eigenvalue weighted by Crippen LogP contribution is 2.39. The largest absolute Gasteiger partial charge is 0.435 e. The lowest BCUT2D eigenvalue weighted by molar-refractivity contribution is -0.141. The topological polar surface area (TPSA) is 49.3 Å². The van der Waals surface area contributed by atoms with Gasteiger partial charge in [-0.05, 0) is 55.2 Å². The SMILES string of the molecule is O=C(Cc1ccc(N2CCC(c3ccccc3)CC2)nc1)c1sc(N2CCCCC2)nc1C(F)(F)F. The fourth-order valence-electron chi connectivity index (χ4n) is 5.05. The Labute approximate surface area is 213 Å². The van der Waals surface area contributed by atoms with Crippen molar-refractivity contribution >= 4 is 28.1 Å². The number of benzene rings is 1. The fourth-order valence-corrected chi connectivity index (χ4v) is 6.13. The normalized spacial score (nSPS) is 17.4. The maximum atomic E-state index is 13.7. The van der Waals surface area contributed by atoms with Gasteiger partial charge in [-0.15, -0.1) is 0 Å².